The quantitative estimate of drug-likeness (QED) is 0.857. The highest BCUT2D eigenvalue weighted by atomic mass is 16.5. The van der Waals surface area contributed by atoms with Crippen molar-refractivity contribution in [1.82, 2.24) is 0 Å². The molecule has 1 aromatic rings. The largest absolute Gasteiger partial charge is 0.496 e. The first-order valence-corrected chi connectivity index (χ1v) is 6.74. The zero-order chi connectivity index (χ0) is 13.9. The van der Waals surface area contributed by atoms with E-state index < -0.39 is 5.41 Å². The third-order valence-electron chi connectivity index (χ3n) is 4.01. The Morgan fingerprint density at radius 1 is 1.47 bits per heavy atom. The van der Waals surface area contributed by atoms with Crippen LogP contribution in [0.15, 0.2) is 18.2 Å². The van der Waals surface area contributed by atoms with Crippen molar-refractivity contribution in [2.75, 3.05) is 19.0 Å². The Kier molecular flexibility index (Phi) is 4.10. The summed E-state index contributed by atoms with van der Waals surface area (Å²) >= 11 is 0. The fraction of sp³-hybridized carbons (Fsp3) is 0.533. The number of carbonyl (C=O) groups excluding carboxylic acids is 1. The molecule has 0 saturated heterocycles. The van der Waals surface area contributed by atoms with E-state index in [4.69, 9.17) is 4.74 Å². The summed E-state index contributed by atoms with van der Waals surface area (Å²) in [6.07, 6.45) is 3.40. The maximum absolute atomic E-state index is 12.2. The van der Waals surface area contributed by atoms with Crippen molar-refractivity contribution in [3.63, 3.8) is 0 Å². The fourth-order valence-corrected chi connectivity index (χ4v) is 2.46. The summed E-state index contributed by atoms with van der Waals surface area (Å²) in [6, 6.07) is 5.63. The van der Waals surface area contributed by atoms with E-state index in [-0.39, 0.29) is 12.5 Å². The molecule has 4 nitrogen and oxygen atoms in total. The van der Waals surface area contributed by atoms with E-state index in [1.54, 1.807) is 7.11 Å². The third-order valence-corrected chi connectivity index (χ3v) is 4.01. The summed E-state index contributed by atoms with van der Waals surface area (Å²) in [7, 11) is 1.64. The van der Waals surface area contributed by atoms with Crippen LogP contribution in [-0.4, -0.2) is 24.7 Å². The van der Waals surface area contributed by atoms with Gasteiger partial charge in [-0.1, -0.05) is 13.3 Å². The number of aliphatic hydroxyl groups is 1. The van der Waals surface area contributed by atoms with Crippen LogP contribution in [0, 0.1) is 5.41 Å². The molecule has 2 N–H and O–H groups in total. The maximum atomic E-state index is 12.2. The lowest BCUT2D eigenvalue weighted by Crippen LogP contribution is -2.44. The molecule has 104 valence electrons. The van der Waals surface area contributed by atoms with Crippen molar-refractivity contribution < 1.29 is 14.6 Å². The number of rotatable bonds is 5. The summed E-state index contributed by atoms with van der Waals surface area (Å²) in [5.74, 6) is 0.759. The van der Waals surface area contributed by atoms with E-state index in [1.165, 1.54) is 0 Å². The number of amides is 1. The topological polar surface area (TPSA) is 58.6 Å². The minimum atomic E-state index is -0.563. The molecule has 19 heavy (non-hydrogen) atoms. The normalized spacial score (nSPS) is 16.6. The van der Waals surface area contributed by atoms with E-state index in [0.29, 0.717) is 0 Å². The SMILES string of the molecule is CCc1cc(NC(=O)C2(CO)CCC2)ccc1OC. The molecular weight excluding hydrogens is 242 g/mol. The summed E-state index contributed by atoms with van der Waals surface area (Å²) in [5.41, 5.74) is 1.26. The van der Waals surface area contributed by atoms with Gasteiger partial charge in [-0.15, -0.1) is 0 Å². The first-order valence-electron chi connectivity index (χ1n) is 6.74. The Labute approximate surface area is 113 Å². The van der Waals surface area contributed by atoms with Crippen LogP contribution >= 0.6 is 0 Å². The van der Waals surface area contributed by atoms with E-state index >= 15 is 0 Å². The maximum Gasteiger partial charge on any atom is 0.232 e. The van der Waals surface area contributed by atoms with Gasteiger partial charge in [-0.2, -0.15) is 0 Å². The van der Waals surface area contributed by atoms with Gasteiger partial charge in [0.05, 0.1) is 19.1 Å². The van der Waals surface area contributed by atoms with E-state index in [2.05, 4.69) is 5.32 Å². The number of nitrogens with one attached hydrogen (secondary N) is 1. The lowest BCUT2D eigenvalue weighted by atomic mass is 9.68. The molecular formula is C15H21NO3. The van der Waals surface area contributed by atoms with Gasteiger partial charge in [0.1, 0.15) is 5.75 Å². The second-order valence-electron chi connectivity index (χ2n) is 5.13. The van der Waals surface area contributed by atoms with Crippen LogP contribution < -0.4 is 10.1 Å². The molecule has 0 aliphatic heterocycles. The number of aliphatic hydroxyl groups excluding tert-OH is 1. The van der Waals surface area contributed by atoms with Crippen LogP contribution in [-0.2, 0) is 11.2 Å². The van der Waals surface area contributed by atoms with Gasteiger partial charge in [0.25, 0.3) is 0 Å². The third kappa shape index (κ3) is 2.59. The average molecular weight is 263 g/mol. The summed E-state index contributed by atoms with van der Waals surface area (Å²) in [4.78, 5) is 12.2. The number of anilines is 1. The molecule has 0 spiro atoms. The van der Waals surface area contributed by atoms with Crippen LogP contribution in [0.2, 0.25) is 0 Å². The van der Waals surface area contributed by atoms with Crippen LogP contribution in [0.3, 0.4) is 0 Å². The second-order valence-corrected chi connectivity index (χ2v) is 5.13. The monoisotopic (exact) mass is 263 g/mol. The first kappa shape index (κ1) is 13.9. The van der Waals surface area contributed by atoms with Gasteiger partial charge in [0, 0.05) is 5.69 Å². The number of hydrogen-bond acceptors (Lipinski definition) is 3. The van der Waals surface area contributed by atoms with E-state index in [9.17, 15) is 9.90 Å². The molecule has 0 bridgehead atoms. The smallest absolute Gasteiger partial charge is 0.232 e. The van der Waals surface area contributed by atoms with Crippen LogP contribution in [0.1, 0.15) is 31.7 Å². The van der Waals surface area contributed by atoms with Gasteiger partial charge >= 0.3 is 0 Å². The standard InChI is InChI=1S/C15H21NO3/c1-3-11-9-12(5-6-13(11)19-2)16-14(18)15(10-17)7-4-8-15/h5-6,9,17H,3-4,7-8,10H2,1-2H3,(H,16,18). The zero-order valence-electron chi connectivity index (χ0n) is 11.5. The molecule has 1 aliphatic rings. The molecule has 0 aromatic heterocycles. The molecule has 1 aromatic carbocycles. The Bertz CT molecular complexity index is 461. The Morgan fingerprint density at radius 3 is 2.68 bits per heavy atom. The lowest BCUT2D eigenvalue weighted by Gasteiger charge is -2.38. The highest BCUT2D eigenvalue weighted by Crippen LogP contribution is 2.41. The number of aryl methyl sites for hydroxylation is 1. The van der Waals surface area contributed by atoms with Gasteiger partial charge in [-0.3, -0.25) is 4.79 Å². The van der Waals surface area contributed by atoms with Crippen molar-refractivity contribution in [2.24, 2.45) is 5.41 Å². The van der Waals surface area contributed by atoms with Crippen molar-refractivity contribution in [2.45, 2.75) is 32.6 Å². The number of methoxy groups -OCH3 is 1. The highest BCUT2D eigenvalue weighted by Gasteiger charge is 2.43. The van der Waals surface area contributed by atoms with Gasteiger partial charge in [-0.25, -0.2) is 0 Å². The van der Waals surface area contributed by atoms with E-state index in [1.807, 2.05) is 25.1 Å². The fourth-order valence-electron chi connectivity index (χ4n) is 2.46. The predicted octanol–water partition coefficient (Wildman–Crippen LogP) is 2.36. The van der Waals surface area contributed by atoms with Crippen molar-refractivity contribution in [1.29, 1.82) is 0 Å². The number of hydrogen-bond donors (Lipinski definition) is 2. The van der Waals surface area contributed by atoms with E-state index in [0.717, 1.165) is 42.7 Å². The van der Waals surface area contributed by atoms with Crippen LogP contribution in [0.5, 0.6) is 5.75 Å². The molecule has 1 saturated carbocycles. The van der Waals surface area contributed by atoms with Crippen molar-refractivity contribution in [3.05, 3.63) is 23.8 Å². The number of ether oxygens (including phenoxy) is 1. The van der Waals surface area contributed by atoms with Crippen LogP contribution in [0.4, 0.5) is 5.69 Å². The second kappa shape index (κ2) is 5.61. The van der Waals surface area contributed by atoms with Gasteiger partial charge < -0.3 is 15.2 Å². The highest BCUT2D eigenvalue weighted by molar-refractivity contribution is 5.96. The lowest BCUT2D eigenvalue weighted by molar-refractivity contribution is -0.133. The summed E-state index contributed by atoms with van der Waals surface area (Å²) < 4.78 is 5.26. The molecule has 0 unspecified atom stereocenters. The minimum Gasteiger partial charge on any atom is -0.496 e. The Balaban J connectivity index is 2.13. The molecule has 1 fully saturated rings. The van der Waals surface area contributed by atoms with Crippen molar-refractivity contribution >= 4 is 11.6 Å². The predicted molar refractivity (Wildman–Crippen MR) is 74.4 cm³/mol. The Morgan fingerprint density at radius 2 is 2.21 bits per heavy atom. The average Bonchev–Trinajstić information content (AvgIpc) is 2.38. The van der Waals surface area contributed by atoms with Crippen LogP contribution in [0.25, 0.3) is 0 Å². The molecule has 0 heterocycles. The number of benzene rings is 1. The molecule has 0 radical (unpaired) electrons. The number of carbonyl (C=O) groups is 1. The molecule has 1 amide bonds. The first-order chi connectivity index (χ1) is 9.15. The van der Waals surface area contributed by atoms with Gasteiger partial charge in [0.2, 0.25) is 5.91 Å². The molecule has 4 heteroatoms. The summed E-state index contributed by atoms with van der Waals surface area (Å²) in [5, 5.41) is 12.3. The molecule has 2 rings (SSSR count). The summed E-state index contributed by atoms with van der Waals surface area (Å²) in [6.45, 7) is 1.97. The molecule has 1 aliphatic carbocycles. The van der Waals surface area contributed by atoms with Gasteiger partial charge in [-0.05, 0) is 43.0 Å². The van der Waals surface area contributed by atoms with Gasteiger partial charge in [0.15, 0.2) is 0 Å². The minimum absolute atomic E-state index is 0.0738. The van der Waals surface area contributed by atoms with Crippen molar-refractivity contribution in [3.8, 4) is 5.75 Å². The zero-order valence-corrected chi connectivity index (χ0v) is 11.5. The Hall–Kier alpha value is -1.55. The molecule has 0 atom stereocenters.